The van der Waals surface area contributed by atoms with Crippen molar-refractivity contribution in [3.05, 3.63) is 81.8 Å². The molecule has 0 radical (unpaired) electrons. The molecule has 2 aliphatic carbocycles. The molecular weight excluding hydrogens is 410 g/mol. The highest BCUT2D eigenvalue weighted by Crippen LogP contribution is 2.34. The molecule has 2 aliphatic rings. The van der Waals surface area contributed by atoms with Crippen molar-refractivity contribution in [3.63, 3.8) is 0 Å². The van der Waals surface area contributed by atoms with Crippen LogP contribution in [0.2, 0.25) is 0 Å². The molecule has 1 amide bonds. The standard InChI is InChI=1S/C28H29N3O2/c1-30-24-16-7-6-14-21(24)25-22(17-31(28(33)26(25)30)19-11-3-4-12-19)27(32)29-23-15-8-10-18-9-2-5-13-20(18)23/h2,5-7,9,13-14,16-17,19,23H,3-4,8,10-12,15H2,1H3,(H,29,32). The topological polar surface area (TPSA) is 56.0 Å². The Balaban J connectivity index is 1.53. The number of hydrogen-bond donors (Lipinski definition) is 1. The summed E-state index contributed by atoms with van der Waals surface area (Å²) in [5.74, 6) is -0.0928. The first kappa shape index (κ1) is 20.3. The van der Waals surface area contributed by atoms with Crippen molar-refractivity contribution < 1.29 is 4.79 Å². The quantitative estimate of drug-likeness (QED) is 0.464. The molecule has 33 heavy (non-hydrogen) atoms. The first-order valence-electron chi connectivity index (χ1n) is 12.1. The van der Waals surface area contributed by atoms with Gasteiger partial charge in [-0.05, 0) is 49.3 Å². The number of nitrogens with one attached hydrogen (secondary N) is 1. The predicted octanol–water partition coefficient (Wildman–Crippen LogP) is 5.42. The number of nitrogens with zero attached hydrogens (tertiary/aromatic N) is 2. The Labute approximate surface area is 193 Å². The van der Waals surface area contributed by atoms with E-state index in [0.717, 1.165) is 61.2 Å². The van der Waals surface area contributed by atoms with Gasteiger partial charge in [-0.1, -0.05) is 55.3 Å². The molecule has 0 aliphatic heterocycles. The summed E-state index contributed by atoms with van der Waals surface area (Å²) >= 11 is 0. The van der Waals surface area contributed by atoms with Crippen LogP contribution in [-0.4, -0.2) is 15.0 Å². The van der Waals surface area contributed by atoms with Gasteiger partial charge in [-0.2, -0.15) is 0 Å². The number of pyridine rings is 1. The Bertz CT molecular complexity index is 1440. The van der Waals surface area contributed by atoms with Gasteiger partial charge in [0, 0.05) is 35.6 Å². The number of carbonyl (C=O) groups excluding carboxylic acids is 1. The van der Waals surface area contributed by atoms with Crippen LogP contribution in [0.1, 0.15) is 72.1 Å². The van der Waals surface area contributed by atoms with E-state index in [1.165, 1.54) is 11.1 Å². The Hall–Kier alpha value is -3.34. The summed E-state index contributed by atoms with van der Waals surface area (Å²) in [6, 6.07) is 16.6. The second-order valence-electron chi connectivity index (χ2n) is 9.61. The van der Waals surface area contributed by atoms with Gasteiger partial charge in [0.1, 0.15) is 5.52 Å². The van der Waals surface area contributed by atoms with E-state index in [0.29, 0.717) is 11.1 Å². The average Bonchev–Trinajstić information content (AvgIpc) is 3.47. The lowest BCUT2D eigenvalue weighted by atomic mass is 9.87. The van der Waals surface area contributed by atoms with Gasteiger partial charge in [0.15, 0.2) is 0 Å². The molecule has 1 unspecified atom stereocenters. The molecule has 5 heteroatoms. The van der Waals surface area contributed by atoms with Crippen LogP contribution in [0.4, 0.5) is 0 Å². The number of amides is 1. The maximum atomic E-state index is 13.8. The van der Waals surface area contributed by atoms with E-state index in [-0.39, 0.29) is 23.6 Å². The molecule has 5 nitrogen and oxygen atoms in total. The van der Waals surface area contributed by atoms with Crippen molar-refractivity contribution in [2.45, 2.75) is 57.0 Å². The highest BCUT2D eigenvalue weighted by Gasteiger charge is 2.28. The average molecular weight is 440 g/mol. The van der Waals surface area contributed by atoms with Crippen molar-refractivity contribution >= 4 is 27.7 Å². The Morgan fingerprint density at radius 1 is 0.970 bits per heavy atom. The van der Waals surface area contributed by atoms with Crippen molar-refractivity contribution in [1.29, 1.82) is 0 Å². The number of benzene rings is 2. The van der Waals surface area contributed by atoms with Crippen LogP contribution >= 0.6 is 0 Å². The summed E-state index contributed by atoms with van der Waals surface area (Å²) in [4.78, 5) is 27.5. The number of aryl methyl sites for hydroxylation is 2. The fourth-order valence-corrected chi connectivity index (χ4v) is 6.07. The van der Waals surface area contributed by atoms with Gasteiger partial charge in [0.2, 0.25) is 0 Å². The van der Waals surface area contributed by atoms with Crippen LogP contribution in [0.5, 0.6) is 0 Å². The van der Waals surface area contributed by atoms with Crippen molar-refractivity contribution in [2.75, 3.05) is 0 Å². The highest BCUT2D eigenvalue weighted by molar-refractivity contribution is 6.17. The van der Waals surface area contributed by atoms with Crippen LogP contribution in [0.3, 0.4) is 0 Å². The number of rotatable bonds is 3. The van der Waals surface area contributed by atoms with Crippen molar-refractivity contribution in [3.8, 4) is 0 Å². The Morgan fingerprint density at radius 2 is 1.73 bits per heavy atom. The van der Waals surface area contributed by atoms with Crippen molar-refractivity contribution in [2.24, 2.45) is 7.05 Å². The zero-order valence-corrected chi connectivity index (χ0v) is 19.0. The van der Waals surface area contributed by atoms with Gasteiger partial charge >= 0.3 is 0 Å². The SMILES string of the molecule is Cn1c2ccccc2c2c(C(=O)NC3CCCc4ccccc43)cn(C3CCCC3)c(=O)c21. The summed E-state index contributed by atoms with van der Waals surface area (Å²) in [6.07, 6.45) is 9.14. The molecule has 0 saturated heterocycles. The van der Waals surface area contributed by atoms with E-state index in [1.807, 2.05) is 52.7 Å². The largest absolute Gasteiger partial charge is 0.345 e. The van der Waals surface area contributed by atoms with E-state index in [1.54, 1.807) is 0 Å². The molecule has 168 valence electrons. The minimum Gasteiger partial charge on any atom is -0.345 e. The van der Waals surface area contributed by atoms with Gasteiger partial charge in [-0.3, -0.25) is 9.59 Å². The molecular formula is C28H29N3O2. The summed E-state index contributed by atoms with van der Waals surface area (Å²) in [5.41, 5.74) is 4.76. The molecule has 1 fully saturated rings. The molecule has 6 rings (SSSR count). The monoisotopic (exact) mass is 439 g/mol. The number of fused-ring (bicyclic) bond motifs is 4. The third-order valence-electron chi connectivity index (χ3n) is 7.72. The molecule has 0 spiro atoms. The third-order valence-corrected chi connectivity index (χ3v) is 7.72. The predicted molar refractivity (Wildman–Crippen MR) is 132 cm³/mol. The molecule has 0 bridgehead atoms. The molecule has 4 aromatic rings. The van der Waals surface area contributed by atoms with Gasteiger partial charge in [0.25, 0.3) is 11.5 Å². The summed E-state index contributed by atoms with van der Waals surface area (Å²) in [7, 11) is 1.93. The zero-order valence-electron chi connectivity index (χ0n) is 19.0. The van der Waals surface area contributed by atoms with Gasteiger partial charge in [-0.15, -0.1) is 0 Å². The highest BCUT2D eigenvalue weighted by atomic mass is 16.2. The van der Waals surface area contributed by atoms with E-state index < -0.39 is 0 Å². The van der Waals surface area contributed by atoms with Gasteiger partial charge in [0.05, 0.1) is 11.6 Å². The second kappa shape index (κ2) is 7.91. The van der Waals surface area contributed by atoms with Crippen LogP contribution in [-0.2, 0) is 13.5 Å². The van der Waals surface area contributed by atoms with Crippen LogP contribution in [0.15, 0.2) is 59.5 Å². The molecule has 1 N–H and O–H groups in total. The molecule has 1 saturated carbocycles. The van der Waals surface area contributed by atoms with Crippen LogP contribution in [0.25, 0.3) is 21.8 Å². The minimum absolute atomic E-state index is 0.000616. The number of hydrogen-bond acceptors (Lipinski definition) is 2. The normalized spacial score (nSPS) is 18.6. The second-order valence-corrected chi connectivity index (χ2v) is 9.61. The summed E-state index contributed by atoms with van der Waals surface area (Å²) < 4.78 is 3.81. The van der Waals surface area contributed by atoms with Crippen LogP contribution in [0, 0.1) is 0 Å². The Kier molecular flexibility index (Phi) is 4.86. The maximum absolute atomic E-state index is 13.8. The summed E-state index contributed by atoms with van der Waals surface area (Å²) in [6.45, 7) is 0. The first-order chi connectivity index (χ1) is 16.1. The zero-order chi connectivity index (χ0) is 22.5. The summed E-state index contributed by atoms with van der Waals surface area (Å²) in [5, 5.41) is 5.06. The van der Waals surface area contributed by atoms with Crippen molar-refractivity contribution in [1.82, 2.24) is 14.5 Å². The lowest BCUT2D eigenvalue weighted by Gasteiger charge is -2.26. The lowest BCUT2D eigenvalue weighted by molar-refractivity contribution is 0.0933. The minimum atomic E-state index is -0.0928. The fourth-order valence-electron chi connectivity index (χ4n) is 6.07. The smallest absolute Gasteiger partial charge is 0.275 e. The molecule has 2 aromatic carbocycles. The molecule has 2 aromatic heterocycles. The third kappa shape index (κ3) is 3.21. The maximum Gasteiger partial charge on any atom is 0.275 e. The van der Waals surface area contributed by atoms with Gasteiger partial charge in [-0.25, -0.2) is 0 Å². The molecule has 1 atom stereocenters. The van der Waals surface area contributed by atoms with Crippen LogP contribution < -0.4 is 10.9 Å². The Morgan fingerprint density at radius 3 is 2.58 bits per heavy atom. The van der Waals surface area contributed by atoms with E-state index in [9.17, 15) is 9.59 Å². The van der Waals surface area contributed by atoms with E-state index in [2.05, 4.69) is 23.5 Å². The first-order valence-corrected chi connectivity index (χ1v) is 12.1. The van der Waals surface area contributed by atoms with E-state index >= 15 is 0 Å². The number of carbonyl (C=O) groups is 1. The van der Waals surface area contributed by atoms with E-state index in [4.69, 9.17) is 0 Å². The number of para-hydroxylation sites is 1. The number of aromatic nitrogens is 2. The lowest BCUT2D eigenvalue weighted by Crippen LogP contribution is -2.33. The fraction of sp³-hybridized carbons (Fsp3) is 0.357. The molecule has 2 heterocycles. The van der Waals surface area contributed by atoms with Gasteiger partial charge < -0.3 is 14.5 Å².